The molecule has 0 saturated carbocycles. The van der Waals surface area contributed by atoms with Crippen molar-refractivity contribution >= 4 is 44.0 Å². The van der Waals surface area contributed by atoms with E-state index in [1.165, 1.54) is 17.7 Å². The zero-order valence-electron chi connectivity index (χ0n) is 6.52. The van der Waals surface area contributed by atoms with Gasteiger partial charge in [0.2, 0.25) is 5.91 Å². The quantitative estimate of drug-likeness (QED) is 0.690. The van der Waals surface area contributed by atoms with Gasteiger partial charge in [-0.25, -0.2) is 9.97 Å². The van der Waals surface area contributed by atoms with E-state index in [1.54, 1.807) is 11.6 Å². The number of nitrogens with one attached hydrogen (secondary N) is 1. The molecular weight excluding hydrogens is 201 g/mol. The van der Waals surface area contributed by atoms with Crippen molar-refractivity contribution in [2.45, 2.75) is 0 Å². The Balaban J connectivity index is 2.64. The van der Waals surface area contributed by atoms with Crippen LogP contribution < -0.4 is 4.30 Å². The van der Waals surface area contributed by atoms with Crippen molar-refractivity contribution in [2.75, 3.05) is 0 Å². The molecule has 0 atom stereocenters. The van der Waals surface area contributed by atoms with Crippen molar-refractivity contribution in [3.63, 3.8) is 0 Å². The summed E-state index contributed by atoms with van der Waals surface area (Å²) in [5, 5.41) is 1.78. The summed E-state index contributed by atoms with van der Waals surface area (Å²) in [6.07, 6.45) is 3.14. The van der Waals surface area contributed by atoms with E-state index in [0.717, 1.165) is 4.70 Å². The van der Waals surface area contributed by atoms with E-state index >= 15 is 0 Å². The maximum Gasteiger partial charge on any atom is 0.310 e. The standard InChI is InChI=1S/C7H5N3OS.Al/c8-7(11)4-2-12-5-1-9-3-10-6(4)5;/h1-3H,(H2,8,11);/q;+1/p-1. The number of aromatic nitrogens is 2. The minimum atomic E-state index is -0.144. The molecule has 2 rings (SSSR count). The van der Waals surface area contributed by atoms with E-state index < -0.39 is 0 Å². The van der Waals surface area contributed by atoms with Crippen LogP contribution in [0.3, 0.4) is 0 Å². The first-order chi connectivity index (χ1) is 6.33. The van der Waals surface area contributed by atoms with Crippen LogP contribution in [0.25, 0.3) is 10.2 Å². The van der Waals surface area contributed by atoms with E-state index in [1.807, 2.05) is 0 Å². The second kappa shape index (κ2) is 3.42. The Morgan fingerprint density at radius 3 is 3.23 bits per heavy atom. The Bertz CT molecular complexity index is 456. The van der Waals surface area contributed by atoms with E-state index in [-0.39, 0.29) is 5.91 Å². The van der Waals surface area contributed by atoms with Crippen LogP contribution in [0.2, 0.25) is 0 Å². The fourth-order valence-corrected chi connectivity index (χ4v) is 2.04. The monoisotopic (exact) mass is 205 g/mol. The number of nitrogens with zero attached hydrogens (tertiary/aromatic N) is 2. The average molecular weight is 205 g/mol. The Morgan fingerprint density at radius 1 is 1.62 bits per heavy atom. The lowest BCUT2D eigenvalue weighted by molar-refractivity contribution is 0.0983. The van der Waals surface area contributed by atoms with E-state index in [9.17, 15) is 4.79 Å². The molecule has 0 spiro atoms. The van der Waals surface area contributed by atoms with E-state index in [2.05, 4.69) is 30.8 Å². The summed E-state index contributed by atoms with van der Waals surface area (Å²) in [6.45, 7) is 0. The van der Waals surface area contributed by atoms with Crippen LogP contribution in [0.1, 0.15) is 10.4 Å². The van der Waals surface area contributed by atoms with Gasteiger partial charge in [0.15, 0.2) is 0 Å². The van der Waals surface area contributed by atoms with Gasteiger partial charge in [0.05, 0.1) is 15.8 Å². The van der Waals surface area contributed by atoms with Crippen LogP contribution in [0, 0.1) is 0 Å². The second-order valence-corrected chi connectivity index (χ2v) is 3.56. The molecule has 2 radical (unpaired) electrons. The summed E-state index contributed by atoms with van der Waals surface area (Å²) in [6, 6.07) is 0. The van der Waals surface area contributed by atoms with Gasteiger partial charge in [0.25, 0.3) is 0 Å². The van der Waals surface area contributed by atoms with E-state index in [0.29, 0.717) is 11.1 Å². The summed E-state index contributed by atoms with van der Waals surface area (Å²) in [7, 11) is 0. The molecule has 13 heavy (non-hydrogen) atoms. The van der Waals surface area contributed by atoms with Gasteiger partial charge < -0.3 is 4.30 Å². The zero-order chi connectivity index (χ0) is 9.26. The summed E-state index contributed by atoms with van der Waals surface area (Å²) in [5.74, 6) is -0.144. The molecule has 2 aromatic heterocycles. The molecule has 1 amide bonds. The van der Waals surface area contributed by atoms with Crippen molar-refractivity contribution < 1.29 is 4.79 Å². The number of thiophene rings is 1. The minimum Gasteiger partial charge on any atom is -0.459 e. The van der Waals surface area contributed by atoms with Gasteiger partial charge >= 0.3 is 16.5 Å². The van der Waals surface area contributed by atoms with Gasteiger partial charge in [-0.2, -0.15) is 0 Å². The average Bonchev–Trinajstić information content (AvgIpc) is 2.60. The van der Waals surface area contributed by atoms with Gasteiger partial charge in [0, 0.05) is 11.6 Å². The Labute approximate surface area is 86.6 Å². The number of hydrogen-bond donors (Lipinski definition) is 1. The molecule has 6 heteroatoms. The van der Waals surface area contributed by atoms with Gasteiger partial charge in [-0.15, -0.1) is 11.3 Å². The van der Waals surface area contributed by atoms with Gasteiger partial charge in [-0.05, 0) is 0 Å². The second-order valence-electron chi connectivity index (χ2n) is 2.36. The third-order valence-corrected chi connectivity index (χ3v) is 2.78. The zero-order valence-corrected chi connectivity index (χ0v) is 8.49. The Hall–Kier alpha value is -0.958. The normalized spacial score (nSPS) is 10.2. The highest BCUT2D eigenvalue weighted by molar-refractivity contribution is 7.17. The van der Waals surface area contributed by atoms with E-state index in [4.69, 9.17) is 0 Å². The highest BCUT2D eigenvalue weighted by atomic mass is 32.1. The van der Waals surface area contributed by atoms with Crippen molar-refractivity contribution in [2.24, 2.45) is 0 Å². The van der Waals surface area contributed by atoms with Crippen molar-refractivity contribution in [1.82, 2.24) is 14.3 Å². The van der Waals surface area contributed by atoms with Crippen LogP contribution >= 0.6 is 11.3 Å². The molecule has 0 aliphatic carbocycles. The molecule has 62 valence electrons. The lowest BCUT2D eigenvalue weighted by Gasteiger charge is -1.96. The van der Waals surface area contributed by atoms with Crippen molar-refractivity contribution in [1.29, 1.82) is 0 Å². The predicted molar refractivity (Wildman–Crippen MR) is 50.6 cm³/mol. The largest absolute Gasteiger partial charge is 0.459 e. The molecule has 0 bridgehead atoms. The summed E-state index contributed by atoms with van der Waals surface area (Å²) < 4.78 is 3.41. The highest BCUT2D eigenvalue weighted by Crippen LogP contribution is 2.22. The molecular formula is C7H4AlN3OS. The van der Waals surface area contributed by atoms with Crippen LogP contribution in [0.15, 0.2) is 17.9 Å². The molecule has 2 heterocycles. The Morgan fingerprint density at radius 2 is 2.46 bits per heavy atom. The van der Waals surface area contributed by atoms with Crippen LogP contribution in [0.4, 0.5) is 0 Å². The van der Waals surface area contributed by atoms with Gasteiger partial charge in [0.1, 0.15) is 6.33 Å². The molecule has 0 fully saturated rings. The Kier molecular flexibility index (Phi) is 2.27. The SMILES string of the molecule is O=C([NH][Al])c1csc2cncnc12. The number of hydrogen-bond acceptors (Lipinski definition) is 4. The molecule has 1 N–H and O–H groups in total. The lowest BCUT2D eigenvalue weighted by atomic mass is 10.3. The fourth-order valence-electron chi connectivity index (χ4n) is 1.02. The smallest absolute Gasteiger partial charge is 0.310 e. The van der Waals surface area contributed by atoms with Crippen molar-refractivity contribution in [3.05, 3.63) is 23.5 Å². The summed E-state index contributed by atoms with van der Waals surface area (Å²) >= 11 is 3.64. The molecule has 4 nitrogen and oxygen atoms in total. The summed E-state index contributed by atoms with van der Waals surface area (Å²) in [4.78, 5) is 19.2. The summed E-state index contributed by atoms with van der Waals surface area (Å²) in [5.41, 5.74) is 1.30. The molecule has 2 aromatic rings. The van der Waals surface area contributed by atoms with Crippen LogP contribution in [-0.4, -0.2) is 32.4 Å². The number of rotatable bonds is 1. The van der Waals surface area contributed by atoms with Gasteiger partial charge in [-0.3, -0.25) is 4.79 Å². The number of fused-ring (bicyclic) bond motifs is 1. The minimum absolute atomic E-state index is 0.144. The van der Waals surface area contributed by atoms with Gasteiger partial charge in [-0.1, -0.05) is 0 Å². The fraction of sp³-hybridized carbons (Fsp3) is 0. The lowest BCUT2D eigenvalue weighted by Crippen LogP contribution is -2.19. The predicted octanol–water partition coefficient (Wildman–Crippen LogP) is 0.505. The molecule has 0 aliphatic rings. The maximum atomic E-state index is 11.3. The first-order valence-corrected chi connectivity index (χ1v) is 4.97. The molecule has 0 saturated heterocycles. The van der Waals surface area contributed by atoms with Crippen molar-refractivity contribution in [3.8, 4) is 0 Å². The first-order valence-electron chi connectivity index (χ1n) is 3.51. The first kappa shape index (κ1) is 8.63. The maximum absolute atomic E-state index is 11.3. The molecule has 0 unspecified atom stereocenters. The molecule has 0 aliphatic heterocycles. The number of carbonyl (C=O) groups excluding carboxylic acids is 1. The third-order valence-electron chi connectivity index (χ3n) is 1.61. The highest BCUT2D eigenvalue weighted by Gasteiger charge is 2.10. The topological polar surface area (TPSA) is 54.9 Å². The number of amides is 1. The third kappa shape index (κ3) is 1.44. The molecule has 0 aromatic carbocycles. The van der Waals surface area contributed by atoms with Crippen LogP contribution in [-0.2, 0) is 0 Å². The van der Waals surface area contributed by atoms with Crippen LogP contribution in [0.5, 0.6) is 0 Å². The number of carbonyl (C=O) groups is 1.